The van der Waals surface area contributed by atoms with E-state index in [9.17, 15) is 31.2 Å². The number of thioether (sulfide) groups is 1. The van der Waals surface area contributed by atoms with Gasteiger partial charge in [-0.3, -0.25) is 4.28 Å². The van der Waals surface area contributed by atoms with E-state index in [2.05, 4.69) is 9.44 Å². The second-order valence-corrected chi connectivity index (χ2v) is 8.35. The van der Waals surface area contributed by atoms with Crippen molar-refractivity contribution in [1.29, 1.82) is 5.26 Å². The monoisotopic (exact) mass is 454 g/mol. The lowest BCUT2D eigenvalue weighted by Crippen LogP contribution is -2.13. The van der Waals surface area contributed by atoms with E-state index >= 15 is 0 Å². The fraction of sp³-hybridized carbons (Fsp3) is 0.0526. The molecule has 1 aliphatic heterocycles. The van der Waals surface area contributed by atoms with Crippen molar-refractivity contribution >= 4 is 32.5 Å². The minimum atomic E-state index is -5.31. The number of hydrogen-bond donors (Lipinski definition) is 0. The molecule has 3 rings (SSSR count). The summed E-state index contributed by atoms with van der Waals surface area (Å²) in [7, 11) is -5.31. The van der Waals surface area contributed by atoms with Gasteiger partial charge >= 0.3 is 10.1 Å². The quantitative estimate of drug-likeness (QED) is 0.287. The molecular weight excluding hydrogens is 444 g/mol. The molecule has 0 atom stereocenters. The van der Waals surface area contributed by atoms with Crippen LogP contribution < -0.4 is 0 Å². The van der Waals surface area contributed by atoms with Crippen molar-refractivity contribution in [2.24, 2.45) is 5.16 Å². The normalized spacial score (nSPS) is 16.6. The number of halogens is 4. The highest BCUT2D eigenvalue weighted by Gasteiger charge is 2.33. The third kappa shape index (κ3) is 3.96. The Labute approximate surface area is 173 Å². The molecule has 0 bridgehead atoms. The molecule has 0 saturated carbocycles. The third-order valence-corrected chi connectivity index (χ3v) is 6.04. The molecule has 11 heteroatoms. The molecule has 5 nitrogen and oxygen atoms in total. The molecule has 2 aromatic rings. The molecule has 0 saturated heterocycles. The minimum Gasteiger partial charge on any atom is -0.263 e. The van der Waals surface area contributed by atoms with Crippen LogP contribution in [0.4, 0.5) is 17.6 Å². The molecule has 0 fully saturated rings. The smallest absolute Gasteiger partial charge is 0.263 e. The summed E-state index contributed by atoms with van der Waals surface area (Å²) < 4.78 is 83.7. The molecule has 0 aliphatic carbocycles. The van der Waals surface area contributed by atoms with Gasteiger partial charge in [-0.2, -0.15) is 13.7 Å². The van der Waals surface area contributed by atoms with Crippen molar-refractivity contribution < 1.29 is 30.3 Å². The number of hydrogen-bond acceptors (Lipinski definition) is 6. The molecular formula is C19H10F4N2O3S2. The largest absolute Gasteiger partial charge is 0.364 e. The van der Waals surface area contributed by atoms with E-state index in [0.29, 0.717) is 10.5 Å². The molecule has 0 spiro atoms. The number of nitrogens with zero attached hydrogens (tertiary/aromatic N) is 2. The Morgan fingerprint density at radius 2 is 1.63 bits per heavy atom. The Morgan fingerprint density at radius 3 is 2.20 bits per heavy atom. The van der Waals surface area contributed by atoms with Crippen LogP contribution in [0.3, 0.4) is 0 Å². The van der Waals surface area contributed by atoms with Crippen molar-refractivity contribution in [2.45, 2.75) is 11.8 Å². The van der Waals surface area contributed by atoms with Crippen LogP contribution in [0.25, 0.3) is 5.57 Å². The SMILES string of the molecule is Cc1c(F)c(F)c(S(=O)(=O)ON=C2C=C/C(=C(/C#N)c3ccccc3)S2)c(F)c1F. The molecule has 0 N–H and O–H groups in total. The van der Waals surface area contributed by atoms with Crippen molar-refractivity contribution in [2.75, 3.05) is 0 Å². The predicted octanol–water partition coefficient (Wildman–Crippen LogP) is 4.81. The first-order valence-corrected chi connectivity index (χ1v) is 10.3. The first-order valence-electron chi connectivity index (χ1n) is 8.07. The fourth-order valence-electron chi connectivity index (χ4n) is 2.44. The summed E-state index contributed by atoms with van der Waals surface area (Å²) in [4.78, 5) is -1.49. The van der Waals surface area contributed by atoms with E-state index in [1.54, 1.807) is 30.3 Å². The summed E-state index contributed by atoms with van der Waals surface area (Å²) in [6, 6.07) is 10.6. The van der Waals surface area contributed by atoms with Gasteiger partial charge in [0.15, 0.2) is 28.2 Å². The topological polar surface area (TPSA) is 79.5 Å². The fourth-order valence-corrected chi connectivity index (χ4v) is 4.20. The lowest BCUT2D eigenvalue weighted by molar-refractivity contribution is 0.327. The number of rotatable bonds is 4. The zero-order valence-corrected chi connectivity index (χ0v) is 16.6. The number of allylic oxidation sites excluding steroid dienone is 2. The molecule has 0 aromatic heterocycles. The molecule has 2 aromatic carbocycles. The second kappa shape index (κ2) is 8.33. The second-order valence-electron chi connectivity index (χ2n) is 5.82. The Kier molecular flexibility index (Phi) is 6.00. The lowest BCUT2D eigenvalue weighted by Gasteiger charge is -2.08. The van der Waals surface area contributed by atoms with Gasteiger partial charge in [-0.1, -0.05) is 47.2 Å². The van der Waals surface area contributed by atoms with Gasteiger partial charge in [0.05, 0.1) is 5.57 Å². The van der Waals surface area contributed by atoms with Crippen molar-refractivity contribution in [3.05, 3.63) is 81.8 Å². The Bertz CT molecular complexity index is 1240. The van der Waals surface area contributed by atoms with Crippen LogP contribution in [0.15, 0.2) is 57.4 Å². The summed E-state index contributed by atoms with van der Waals surface area (Å²) >= 11 is 0.862. The van der Waals surface area contributed by atoms with E-state index in [4.69, 9.17) is 0 Å². The van der Waals surface area contributed by atoms with Gasteiger partial charge in [0.2, 0.25) is 0 Å². The summed E-state index contributed by atoms with van der Waals surface area (Å²) in [6.45, 7) is 0.752. The molecule has 0 unspecified atom stereocenters. The van der Waals surface area contributed by atoms with Gasteiger partial charge in [0.1, 0.15) is 11.1 Å². The minimum absolute atomic E-state index is 0.0638. The van der Waals surface area contributed by atoms with E-state index in [1.807, 2.05) is 6.07 Å². The zero-order valence-electron chi connectivity index (χ0n) is 15.0. The maximum atomic E-state index is 13.9. The van der Waals surface area contributed by atoms with Crippen LogP contribution >= 0.6 is 11.8 Å². The van der Waals surface area contributed by atoms with Crippen LogP contribution in [0.1, 0.15) is 11.1 Å². The Balaban J connectivity index is 1.90. The average Bonchev–Trinajstić information content (AvgIpc) is 3.19. The van der Waals surface area contributed by atoms with Gasteiger partial charge in [0, 0.05) is 10.5 Å². The maximum Gasteiger partial charge on any atom is 0.364 e. The van der Waals surface area contributed by atoms with E-state index < -0.39 is 43.8 Å². The molecule has 30 heavy (non-hydrogen) atoms. The number of nitriles is 1. The molecule has 1 heterocycles. The average molecular weight is 454 g/mol. The number of oxime groups is 1. The molecule has 154 valence electrons. The highest BCUT2D eigenvalue weighted by Crippen LogP contribution is 2.34. The summed E-state index contributed by atoms with van der Waals surface area (Å²) in [5.74, 6) is -7.94. The predicted molar refractivity (Wildman–Crippen MR) is 102 cm³/mol. The molecule has 0 radical (unpaired) electrons. The Morgan fingerprint density at radius 1 is 1.03 bits per heavy atom. The van der Waals surface area contributed by atoms with Crippen molar-refractivity contribution in [3.63, 3.8) is 0 Å². The van der Waals surface area contributed by atoms with Crippen molar-refractivity contribution in [3.8, 4) is 6.07 Å². The number of benzene rings is 2. The van der Waals surface area contributed by atoms with Crippen LogP contribution in [-0.2, 0) is 14.4 Å². The van der Waals surface area contributed by atoms with Crippen LogP contribution in [0.2, 0.25) is 0 Å². The Hall–Kier alpha value is -3.10. The van der Waals surface area contributed by atoms with E-state index in [1.165, 1.54) is 12.2 Å². The van der Waals surface area contributed by atoms with Gasteiger partial charge < -0.3 is 0 Å². The standard InChI is InChI=1S/C19H10F4N2O3S2/c1-10-15(20)17(22)19(18(23)16(10)21)30(26,27)28-25-14-8-7-13(29-14)12(9-24)11-5-3-2-4-6-11/h2-8H,1H3/b13-12+,25-14?. The van der Waals surface area contributed by atoms with Crippen LogP contribution in [0.5, 0.6) is 0 Å². The van der Waals surface area contributed by atoms with Crippen LogP contribution in [0, 0.1) is 41.5 Å². The maximum absolute atomic E-state index is 13.9. The van der Waals surface area contributed by atoms with Gasteiger partial charge in [-0.15, -0.1) is 0 Å². The lowest BCUT2D eigenvalue weighted by atomic mass is 10.1. The zero-order chi connectivity index (χ0) is 22.1. The highest BCUT2D eigenvalue weighted by atomic mass is 32.2. The highest BCUT2D eigenvalue weighted by molar-refractivity contribution is 8.18. The van der Waals surface area contributed by atoms with E-state index in [0.717, 1.165) is 18.7 Å². The molecule has 0 amide bonds. The summed E-state index contributed by atoms with van der Waals surface area (Å²) in [5.41, 5.74) is -0.120. The molecule has 1 aliphatic rings. The first-order chi connectivity index (χ1) is 14.2. The summed E-state index contributed by atoms with van der Waals surface area (Å²) in [6.07, 6.45) is 2.77. The van der Waals surface area contributed by atoms with E-state index in [-0.39, 0.29) is 10.6 Å². The summed E-state index contributed by atoms with van der Waals surface area (Å²) in [5, 5.41) is 12.6. The van der Waals surface area contributed by atoms with Gasteiger partial charge in [-0.25, -0.2) is 17.6 Å². The third-order valence-electron chi connectivity index (χ3n) is 3.93. The van der Waals surface area contributed by atoms with Gasteiger partial charge in [0.25, 0.3) is 0 Å². The first kappa shape index (κ1) is 21.6. The van der Waals surface area contributed by atoms with Crippen molar-refractivity contribution in [1.82, 2.24) is 0 Å². The van der Waals surface area contributed by atoms with Crippen LogP contribution in [-0.4, -0.2) is 13.5 Å². The van der Waals surface area contributed by atoms with Gasteiger partial charge in [-0.05, 0) is 24.6 Å².